The van der Waals surface area contributed by atoms with Crippen LogP contribution in [0.25, 0.3) is 16.6 Å². The van der Waals surface area contributed by atoms with E-state index in [4.69, 9.17) is 43.8 Å². The molecule has 10 heteroatoms. The second-order valence-corrected chi connectivity index (χ2v) is 7.94. The first-order valence-corrected chi connectivity index (χ1v) is 10.3. The highest BCUT2D eigenvalue weighted by Gasteiger charge is 2.33. The van der Waals surface area contributed by atoms with Crippen LogP contribution in [0, 0.1) is 0 Å². The standard InChI is InChI=1S/C20H21Cl2N5O3/c21-14-3-2-13-15(26-7-6-24-11-26)9-17(25-20(13)19(14)22)27-12(1-4-16(27)23)10-30-8-5-18(28)29/h2-3,6-7,9,11-12,16H,1,4-5,8,10,23H2,(H,28,29)/t12-,16+/m0/s1. The number of ether oxygens (including phenoxy) is 1. The van der Waals surface area contributed by atoms with E-state index < -0.39 is 5.97 Å². The van der Waals surface area contributed by atoms with Gasteiger partial charge in [0.1, 0.15) is 5.82 Å². The third kappa shape index (κ3) is 4.09. The van der Waals surface area contributed by atoms with Crippen molar-refractivity contribution >= 4 is 45.9 Å². The van der Waals surface area contributed by atoms with Crippen molar-refractivity contribution in [2.45, 2.75) is 31.5 Å². The molecule has 2 atom stereocenters. The van der Waals surface area contributed by atoms with E-state index in [2.05, 4.69) is 4.98 Å². The maximum atomic E-state index is 10.7. The van der Waals surface area contributed by atoms with Crippen molar-refractivity contribution in [1.29, 1.82) is 0 Å². The summed E-state index contributed by atoms with van der Waals surface area (Å²) < 4.78 is 7.48. The number of nitrogens with zero attached hydrogens (tertiary/aromatic N) is 4. The lowest BCUT2D eigenvalue weighted by Gasteiger charge is -2.30. The van der Waals surface area contributed by atoms with Crippen molar-refractivity contribution < 1.29 is 14.6 Å². The summed E-state index contributed by atoms with van der Waals surface area (Å²) in [7, 11) is 0. The molecule has 3 aromatic rings. The molecule has 1 aromatic carbocycles. The van der Waals surface area contributed by atoms with Gasteiger partial charge in [0.05, 0.1) is 59.4 Å². The van der Waals surface area contributed by atoms with Crippen LogP contribution >= 0.6 is 23.2 Å². The predicted molar refractivity (Wildman–Crippen MR) is 115 cm³/mol. The molecule has 0 bridgehead atoms. The number of hydrogen-bond acceptors (Lipinski definition) is 6. The van der Waals surface area contributed by atoms with Crippen molar-refractivity contribution in [3.05, 3.63) is 47.0 Å². The first-order chi connectivity index (χ1) is 14.5. The van der Waals surface area contributed by atoms with Gasteiger partial charge in [0.25, 0.3) is 0 Å². The van der Waals surface area contributed by atoms with Crippen LogP contribution in [-0.4, -0.2) is 51.0 Å². The number of halogens is 2. The largest absolute Gasteiger partial charge is 0.481 e. The summed E-state index contributed by atoms with van der Waals surface area (Å²) >= 11 is 12.7. The Balaban J connectivity index is 1.73. The minimum absolute atomic E-state index is 0.0210. The Labute approximate surface area is 183 Å². The highest BCUT2D eigenvalue weighted by atomic mass is 35.5. The van der Waals surface area contributed by atoms with E-state index >= 15 is 0 Å². The van der Waals surface area contributed by atoms with Gasteiger partial charge in [-0.1, -0.05) is 23.2 Å². The number of benzene rings is 1. The molecule has 0 unspecified atom stereocenters. The van der Waals surface area contributed by atoms with Crippen LogP contribution in [0.3, 0.4) is 0 Å². The maximum Gasteiger partial charge on any atom is 0.305 e. The molecular formula is C20H21Cl2N5O3. The second-order valence-electron chi connectivity index (χ2n) is 7.15. The van der Waals surface area contributed by atoms with Gasteiger partial charge in [-0.15, -0.1) is 0 Å². The smallest absolute Gasteiger partial charge is 0.305 e. The average Bonchev–Trinajstić information content (AvgIpc) is 3.37. The number of carbonyl (C=O) groups is 1. The summed E-state index contributed by atoms with van der Waals surface area (Å²) in [4.78, 5) is 21.7. The van der Waals surface area contributed by atoms with Crippen LogP contribution in [0.5, 0.6) is 0 Å². The molecule has 0 aliphatic carbocycles. The van der Waals surface area contributed by atoms with Crippen molar-refractivity contribution in [2.24, 2.45) is 5.73 Å². The van der Waals surface area contributed by atoms with Crippen molar-refractivity contribution in [3.63, 3.8) is 0 Å². The molecule has 0 radical (unpaired) electrons. The fourth-order valence-electron chi connectivity index (χ4n) is 3.76. The summed E-state index contributed by atoms with van der Waals surface area (Å²) in [5, 5.41) is 10.4. The Kier molecular flexibility index (Phi) is 6.10. The van der Waals surface area contributed by atoms with Crippen molar-refractivity contribution in [1.82, 2.24) is 14.5 Å². The van der Waals surface area contributed by atoms with Gasteiger partial charge < -0.3 is 25.0 Å². The van der Waals surface area contributed by atoms with Gasteiger partial charge in [-0.25, -0.2) is 9.97 Å². The second kappa shape index (κ2) is 8.77. The predicted octanol–water partition coefficient (Wildman–Crippen LogP) is 3.47. The van der Waals surface area contributed by atoms with Gasteiger partial charge in [0.2, 0.25) is 0 Å². The highest BCUT2D eigenvalue weighted by molar-refractivity contribution is 6.45. The number of carboxylic acid groups (broad SMARTS) is 1. The van der Waals surface area contributed by atoms with E-state index in [1.165, 1.54) is 0 Å². The molecule has 0 spiro atoms. The summed E-state index contributed by atoms with van der Waals surface area (Å²) in [6.45, 7) is 0.520. The van der Waals surface area contributed by atoms with Crippen LogP contribution in [0.2, 0.25) is 10.0 Å². The Morgan fingerprint density at radius 3 is 2.90 bits per heavy atom. The lowest BCUT2D eigenvalue weighted by molar-refractivity contribution is -0.138. The number of aromatic nitrogens is 3. The topological polar surface area (TPSA) is 106 Å². The third-order valence-corrected chi connectivity index (χ3v) is 6.00. The first-order valence-electron chi connectivity index (χ1n) is 9.56. The van der Waals surface area contributed by atoms with Crippen LogP contribution in [0.15, 0.2) is 36.9 Å². The van der Waals surface area contributed by atoms with Gasteiger partial charge in [-0.05, 0) is 25.0 Å². The van der Waals surface area contributed by atoms with E-state index in [1.54, 1.807) is 18.6 Å². The lowest BCUT2D eigenvalue weighted by Crippen LogP contribution is -2.44. The SMILES string of the molecule is N[C@H]1CC[C@@H](COCCC(=O)O)N1c1cc(-n2ccnc2)c2ccc(Cl)c(Cl)c2n1. The molecule has 1 saturated heterocycles. The number of nitrogens with two attached hydrogens (primary N) is 1. The molecule has 1 aliphatic rings. The maximum absolute atomic E-state index is 10.7. The Morgan fingerprint density at radius 2 is 2.17 bits per heavy atom. The number of fused-ring (bicyclic) bond motifs is 1. The third-order valence-electron chi connectivity index (χ3n) is 5.20. The molecule has 2 aromatic heterocycles. The minimum atomic E-state index is -0.886. The van der Waals surface area contributed by atoms with Crippen molar-refractivity contribution in [2.75, 3.05) is 18.1 Å². The summed E-state index contributed by atoms with van der Waals surface area (Å²) in [6.07, 6.45) is 6.57. The van der Waals surface area contributed by atoms with Crippen LogP contribution in [0.1, 0.15) is 19.3 Å². The molecule has 8 nitrogen and oxygen atoms in total. The number of carboxylic acids is 1. The molecule has 0 amide bonds. The number of anilines is 1. The van der Waals surface area contributed by atoms with Crippen molar-refractivity contribution in [3.8, 4) is 5.69 Å². The molecule has 4 rings (SSSR count). The van der Waals surface area contributed by atoms with E-state index in [1.807, 2.05) is 27.8 Å². The normalized spacial score (nSPS) is 19.0. The molecular weight excluding hydrogens is 429 g/mol. The Bertz CT molecular complexity index is 1060. The molecule has 0 saturated carbocycles. The van der Waals surface area contributed by atoms with E-state index in [0.29, 0.717) is 28.0 Å². The van der Waals surface area contributed by atoms with Crippen LogP contribution in [0.4, 0.5) is 5.82 Å². The number of hydrogen-bond donors (Lipinski definition) is 2. The van der Waals surface area contributed by atoms with Gasteiger partial charge >= 0.3 is 5.97 Å². The average molecular weight is 450 g/mol. The molecule has 30 heavy (non-hydrogen) atoms. The van der Waals surface area contributed by atoms with Crippen LogP contribution in [-0.2, 0) is 9.53 Å². The zero-order valence-corrected chi connectivity index (χ0v) is 17.6. The first kappa shape index (κ1) is 20.9. The Hall–Kier alpha value is -2.39. The van der Waals surface area contributed by atoms with E-state index in [9.17, 15) is 4.79 Å². The zero-order chi connectivity index (χ0) is 21.3. The fourth-order valence-corrected chi connectivity index (χ4v) is 4.12. The molecule has 158 valence electrons. The summed E-state index contributed by atoms with van der Waals surface area (Å²) in [5.41, 5.74) is 7.83. The van der Waals surface area contributed by atoms with E-state index in [-0.39, 0.29) is 25.2 Å². The molecule has 3 heterocycles. The number of imidazole rings is 1. The molecule has 1 fully saturated rings. The van der Waals surface area contributed by atoms with Gasteiger partial charge in [0.15, 0.2) is 0 Å². The monoisotopic (exact) mass is 449 g/mol. The lowest BCUT2D eigenvalue weighted by atomic mass is 10.1. The zero-order valence-electron chi connectivity index (χ0n) is 16.0. The van der Waals surface area contributed by atoms with Gasteiger partial charge in [-0.2, -0.15) is 0 Å². The quantitative estimate of drug-likeness (QED) is 0.531. The molecule has 1 aliphatic heterocycles. The Morgan fingerprint density at radius 1 is 1.33 bits per heavy atom. The fraction of sp³-hybridized carbons (Fsp3) is 0.350. The van der Waals surface area contributed by atoms with E-state index in [0.717, 1.165) is 23.9 Å². The highest BCUT2D eigenvalue weighted by Crippen LogP contribution is 2.37. The number of aliphatic carboxylic acids is 1. The summed E-state index contributed by atoms with van der Waals surface area (Å²) in [6, 6.07) is 5.55. The summed E-state index contributed by atoms with van der Waals surface area (Å²) in [5.74, 6) is -0.227. The molecule has 3 N–H and O–H groups in total. The minimum Gasteiger partial charge on any atom is -0.481 e. The van der Waals surface area contributed by atoms with Gasteiger partial charge in [-0.3, -0.25) is 4.79 Å². The number of rotatable bonds is 7. The van der Waals surface area contributed by atoms with Crippen LogP contribution < -0.4 is 10.6 Å². The number of pyridine rings is 1. The van der Waals surface area contributed by atoms with Gasteiger partial charge in [0, 0.05) is 23.8 Å².